The fourth-order valence-electron chi connectivity index (χ4n) is 2.52. The van der Waals surface area contributed by atoms with Gasteiger partial charge in [-0.3, -0.25) is 9.69 Å². The Morgan fingerprint density at radius 3 is 2.41 bits per heavy atom. The van der Waals surface area contributed by atoms with Crippen molar-refractivity contribution in [2.45, 2.75) is 44.6 Å². The summed E-state index contributed by atoms with van der Waals surface area (Å²) < 4.78 is 5.59. The Balaban J connectivity index is 1.68. The second-order valence-electron chi connectivity index (χ2n) is 4.99. The quantitative estimate of drug-likeness (QED) is 0.573. The first-order chi connectivity index (χ1) is 8.34. The van der Waals surface area contributed by atoms with Crippen molar-refractivity contribution in [3.8, 4) is 0 Å². The monoisotopic (exact) mass is 257 g/mol. The highest BCUT2D eigenvalue weighted by molar-refractivity contribution is 7.99. The lowest BCUT2D eigenvalue weighted by molar-refractivity contribution is -0.150. The van der Waals surface area contributed by atoms with E-state index in [1.807, 2.05) is 11.8 Å². The van der Waals surface area contributed by atoms with Crippen LogP contribution in [0, 0.1) is 0 Å². The standard InChI is InChI=1S/C13H23NO2S/c15-13(11-14-7-9-17-10-8-14)16-12-5-3-1-2-4-6-12/h12H,1-11H2. The summed E-state index contributed by atoms with van der Waals surface area (Å²) in [6.07, 6.45) is 7.39. The minimum absolute atomic E-state index is 0.0104. The molecular weight excluding hydrogens is 234 g/mol. The van der Waals surface area contributed by atoms with E-state index >= 15 is 0 Å². The third-order valence-corrected chi connectivity index (χ3v) is 4.50. The highest BCUT2D eigenvalue weighted by Crippen LogP contribution is 2.20. The van der Waals surface area contributed by atoms with Crippen LogP contribution in [-0.2, 0) is 9.53 Å². The molecule has 0 spiro atoms. The number of thioether (sulfide) groups is 1. The van der Waals surface area contributed by atoms with Gasteiger partial charge in [-0.25, -0.2) is 0 Å². The minimum atomic E-state index is -0.0104. The third kappa shape index (κ3) is 4.88. The highest BCUT2D eigenvalue weighted by atomic mass is 32.2. The lowest BCUT2D eigenvalue weighted by Gasteiger charge is -2.26. The molecule has 0 aromatic heterocycles. The summed E-state index contributed by atoms with van der Waals surface area (Å²) in [6.45, 7) is 2.56. The number of nitrogens with zero attached hydrogens (tertiary/aromatic N) is 1. The number of hydrogen-bond acceptors (Lipinski definition) is 4. The van der Waals surface area contributed by atoms with Gasteiger partial charge >= 0.3 is 5.97 Å². The molecule has 0 bridgehead atoms. The fraction of sp³-hybridized carbons (Fsp3) is 0.923. The molecule has 98 valence electrons. The summed E-state index contributed by atoms with van der Waals surface area (Å²) in [4.78, 5) is 14.0. The van der Waals surface area contributed by atoms with Gasteiger partial charge in [0.05, 0.1) is 6.54 Å². The van der Waals surface area contributed by atoms with E-state index in [-0.39, 0.29) is 12.1 Å². The number of ether oxygens (including phenoxy) is 1. The maximum Gasteiger partial charge on any atom is 0.320 e. The molecule has 0 radical (unpaired) electrons. The van der Waals surface area contributed by atoms with Crippen LogP contribution in [-0.4, -0.2) is 48.1 Å². The van der Waals surface area contributed by atoms with Crippen molar-refractivity contribution in [2.75, 3.05) is 31.1 Å². The van der Waals surface area contributed by atoms with E-state index in [2.05, 4.69) is 4.90 Å². The summed E-state index contributed by atoms with van der Waals surface area (Å²) in [5, 5.41) is 0. The Kier molecular flexibility index (Phi) is 5.65. The van der Waals surface area contributed by atoms with Crippen molar-refractivity contribution in [1.29, 1.82) is 0 Å². The van der Waals surface area contributed by atoms with Crippen molar-refractivity contribution >= 4 is 17.7 Å². The second kappa shape index (κ2) is 7.27. The molecule has 1 heterocycles. The van der Waals surface area contributed by atoms with Crippen molar-refractivity contribution in [3.63, 3.8) is 0 Å². The number of rotatable bonds is 3. The first-order valence-corrected chi connectivity index (χ1v) is 7.99. The number of hydrogen-bond donors (Lipinski definition) is 0. The van der Waals surface area contributed by atoms with Crippen LogP contribution in [0.4, 0.5) is 0 Å². The molecule has 2 rings (SSSR count). The predicted molar refractivity (Wildman–Crippen MR) is 71.3 cm³/mol. The first kappa shape index (κ1) is 13.2. The van der Waals surface area contributed by atoms with E-state index in [1.54, 1.807) is 0 Å². The Labute approximate surface area is 108 Å². The first-order valence-electron chi connectivity index (χ1n) is 6.84. The molecule has 0 aromatic carbocycles. The smallest absolute Gasteiger partial charge is 0.320 e. The average molecular weight is 257 g/mol. The van der Waals surface area contributed by atoms with E-state index in [0.717, 1.165) is 37.4 Å². The molecule has 0 unspecified atom stereocenters. The van der Waals surface area contributed by atoms with Crippen molar-refractivity contribution in [3.05, 3.63) is 0 Å². The van der Waals surface area contributed by atoms with E-state index in [9.17, 15) is 4.79 Å². The lowest BCUT2D eigenvalue weighted by atomic mass is 10.1. The lowest BCUT2D eigenvalue weighted by Crippen LogP contribution is -2.38. The summed E-state index contributed by atoms with van der Waals surface area (Å²) in [5.41, 5.74) is 0. The number of esters is 1. The van der Waals surface area contributed by atoms with Crippen LogP contribution in [0.1, 0.15) is 38.5 Å². The summed E-state index contributed by atoms with van der Waals surface area (Å²) in [7, 11) is 0. The number of carbonyl (C=O) groups is 1. The molecule has 1 saturated heterocycles. The highest BCUT2D eigenvalue weighted by Gasteiger charge is 2.19. The Morgan fingerprint density at radius 1 is 1.12 bits per heavy atom. The van der Waals surface area contributed by atoms with Gasteiger partial charge in [0.15, 0.2) is 0 Å². The Hall–Kier alpha value is -0.220. The summed E-state index contributed by atoms with van der Waals surface area (Å²) in [6, 6.07) is 0. The average Bonchev–Trinajstić information content (AvgIpc) is 2.59. The predicted octanol–water partition coefficient (Wildman–Crippen LogP) is 2.30. The molecule has 2 fully saturated rings. The molecular formula is C13H23NO2S. The largest absolute Gasteiger partial charge is 0.461 e. The van der Waals surface area contributed by atoms with Gasteiger partial charge in [-0.05, 0) is 25.7 Å². The fourth-order valence-corrected chi connectivity index (χ4v) is 3.50. The maximum absolute atomic E-state index is 11.8. The summed E-state index contributed by atoms with van der Waals surface area (Å²) in [5.74, 6) is 2.29. The van der Waals surface area contributed by atoms with Gasteiger partial charge in [-0.15, -0.1) is 0 Å². The molecule has 0 amide bonds. The van der Waals surface area contributed by atoms with Gasteiger partial charge in [0.25, 0.3) is 0 Å². The van der Waals surface area contributed by atoms with Gasteiger partial charge in [0.2, 0.25) is 0 Å². The van der Waals surface area contributed by atoms with Gasteiger partial charge in [-0.2, -0.15) is 11.8 Å². The number of carbonyl (C=O) groups excluding carboxylic acids is 1. The molecule has 4 heteroatoms. The topological polar surface area (TPSA) is 29.5 Å². The van der Waals surface area contributed by atoms with Crippen molar-refractivity contribution in [2.24, 2.45) is 0 Å². The van der Waals surface area contributed by atoms with Crippen LogP contribution >= 0.6 is 11.8 Å². The van der Waals surface area contributed by atoms with E-state index in [0.29, 0.717) is 6.54 Å². The molecule has 0 atom stereocenters. The SMILES string of the molecule is O=C(CN1CCSCC1)OC1CCCCCC1. The van der Waals surface area contributed by atoms with E-state index < -0.39 is 0 Å². The molecule has 1 aliphatic heterocycles. The van der Waals surface area contributed by atoms with Crippen molar-refractivity contribution in [1.82, 2.24) is 4.90 Å². The minimum Gasteiger partial charge on any atom is -0.461 e. The molecule has 0 aromatic rings. The van der Waals surface area contributed by atoms with Crippen LogP contribution in [0.3, 0.4) is 0 Å². The molecule has 2 aliphatic rings. The second-order valence-corrected chi connectivity index (χ2v) is 6.22. The molecule has 1 saturated carbocycles. The molecule has 0 N–H and O–H groups in total. The zero-order valence-corrected chi connectivity index (χ0v) is 11.3. The Morgan fingerprint density at radius 2 is 1.76 bits per heavy atom. The van der Waals surface area contributed by atoms with Crippen LogP contribution in [0.5, 0.6) is 0 Å². The van der Waals surface area contributed by atoms with Crippen LogP contribution in [0.15, 0.2) is 0 Å². The maximum atomic E-state index is 11.8. The summed E-state index contributed by atoms with van der Waals surface area (Å²) >= 11 is 1.97. The third-order valence-electron chi connectivity index (χ3n) is 3.56. The van der Waals surface area contributed by atoms with Crippen LogP contribution in [0.2, 0.25) is 0 Å². The Bertz CT molecular complexity index is 234. The van der Waals surface area contributed by atoms with Gasteiger partial charge < -0.3 is 4.74 Å². The zero-order valence-electron chi connectivity index (χ0n) is 10.5. The molecule has 17 heavy (non-hydrogen) atoms. The van der Waals surface area contributed by atoms with E-state index in [4.69, 9.17) is 4.74 Å². The van der Waals surface area contributed by atoms with Crippen LogP contribution in [0.25, 0.3) is 0 Å². The van der Waals surface area contributed by atoms with Crippen LogP contribution < -0.4 is 0 Å². The normalized spacial score (nSPS) is 24.2. The van der Waals surface area contributed by atoms with Crippen molar-refractivity contribution < 1.29 is 9.53 Å². The van der Waals surface area contributed by atoms with E-state index in [1.165, 1.54) is 25.7 Å². The zero-order chi connectivity index (χ0) is 11.9. The van der Waals surface area contributed by atoms with Gasteiger partial charge in [0, 0.05) is 24.6 Å². The van der Waals surface area contributed by atoms with Gasteiger partial charge in [-0.1, -0.05) is 12.8 Å². The molecule has 3 nitrogen and oxygen atoms in total. The molecule has 1 aliphatic carbocycles. The van der Waals surface area contributed by atoms with Gasteiger partial charge in [0.1, 0.15) is 6.10 Å².